The molecule has 2 saturated heterocycles. The van der Waals surface area contributed by atoms with Gasteiger partial charge in [0.25, 0.3) is 0 Å². The highest BCUT2D eigenvalue weighted by atomic mass is 32.2. The van der Waals surface area contributed by atoms with E-state index in [9.17, 15) is 9.59 Å². The molecule has 0 aromatic rings. The summed E-state index contributed by atoms with van der Waals surface area (Å²) in [5.74, 6) is 1.01. The van der Waals surface area contributed by atoms with Crippen molar-refractivity contribution < 1.29 is 23.8 Å². The second-order valence-electron chi connectivity index (χ2n) is 7.01. The monoisotopic (exact) mass is 444 g/mol. The number of thioether (sulfide) groups is 1. The van der Waals surface area contributed by atoms with Gasteiger partial charge >= 0.3 is 6.03 Å². The van der Waals surface area contributed by atoms with Crippen LogP contribution in [0.3, 0.4) is 0 Å². The molecule has 2 aliphatic rings. The highest BCUT2D eigenvalue weighted by molar-refractivity contribution is 8.00. The minimum absolute atomic E-state index is 0.0421. The zero-order valence-electron chi connectivity index (χ0n) is 17.2. The Labute approximate surface area is 181 Å². The Morgan fingerprint density at radius 2 is 1.87 bits per heavy atom. The van der Waals surface area contributed by atoms with Crippen LogP contribution in [-0.4, -0.2) is 87.8 Å². The maximum Gasteiger partial charge on any atom is 0.315 e. The molecule has 0 radical (unpaired) electrons. The molecule has 170 valence electrons. The van der Waals surface area contributed by atoms with Crippen LogP contribution in [0.15, 0.2) is 5.11 Å². The predicted octanol–water partition coefficient (Wildman–Crippen LogP) is 1.19. The fourth-order valence-electron chi connectivity index (χ4n) is 3.32. The van der Waals surface area contributed by atoms with Gasteiger partial charge in [0, 0.05) is 35.4 Å². The molecule has 30 heavy (non-hydrogen) atoms. The lowest BCUT2D eigenvalue weighted by Gasteiger charge is -2.16. The largest absolute Gasteiger partial charge is 0.379 e. The number of rotatable bonds is 17. The molecule has 0 saturated carbocycles. The zero-order valence-corrected chi connectivity index (χ0v) is 18.0. The molecular formula is C18H32N6O5S. The Morgan fingerprint density at radius 3 is 2.63 bits per heavy atom. The van der Waals surface area contributed by atoms with Gasteiger partial charge in [0.1, 0.15) is 0 Å². The zero-order chi connectivity index (χ0) is 21.4. The molecule has 11 nitrogen and oxygen atoms in total. The number of ether oxygens (including phenoxy) is 3. The standard InChI is InChI=1S/C18H32N6O5S/c19-24-21-6-8-28-10-12-29-11-9-27-7-5-20-16(25)4-2-1-3-15-17-14(13-30-15)22-18(26)23-17/h14-15,17H,1-13H2,(H,20,25)(H2,22,23,26)/t14?,15-,17?/m0/s1. The minimum Gasteiger partial charge on any atom is -0.379 e. The third kappa shape index (κ3) is 9.86. The molecule has 2 heterocycles. The summed E-state index contributed by atoms with van der Waals surface area (Å²) < 4.78 is 15.9. The Kier molecular flexibility index (Phi) is 12.4. The van der Waals surface area contributed by atoms with E-state index in [0.29, 0.717) is 64.4 Å². The Balaban J connectivity index is 1.32. The first-order chi connectivity index (χ1) is 14.7. The number of azide groups is 1. The van der Waals surface area contributed by atoms with Crippen molar-refractivity contribution in [2.24, 2.45) is 5.11 Å². The van der Waals surface area contributed by atoms with Crippen LogP contribution in [0.1, 0.15) is 25.7 Å². The van der Waals surface area contributed by atoms with E-state index in [1.807, 2.05) is 11.8 Å². The molecule has 0 aliphatic carbocycles. The van der Waals surface area contributed by atoms with Crippen molar-refractivity contribution >= 4 is 23.7 Å². The van der Waals surface area contributed by atoms with E-state index < -0.39 is 0 Å². The lowest BCUT2D eigenvalue weighted by Crippen LogP contribution is -2.36. The molecule has 3 amide bonds. The number of urea groups is 1. The predicted molar refractivity (Wildman–Crippen MR) is 113 cm³/mol. The van der Waals surface area contributed by atoms with Crippen LogP contribution < -0.4 is 16.0 Å². The van der Waals surface area contributed by atoms with Crippen molar-refractivity contribution in [3.05, 3.63) is 10.4 Å². The van der Waals surface area contributed by atoms with Crippen LogP contribution in [-0.2, 0) is 19.0 Å². The van der Waals surface area contributed by atoms with Crippen molar-refractivity contribution in [1.29, 1.82) is 0 Å². The molecule has 0 aromatic heterocycles. The molecule has 2 rings (SSSR count). The topological polar surface area (TPSA) is 147 Å². The summed E-state index contributed by atoms with van der Waals surface area (Å²) in [6, 6.07) is 0.426. The number of carbonyl (C=O) groups is 2. The van der Waals surface area contributed by atoms with Gasteiger partial charge in [-0.05, 0) is 18.4 Å². The Bertz CT molecular complexity index is 577. The van der Waals surface area contributed by atoms with Gasteiger partial charge < -0.3 is 30.2 Å². The molecule has 0 spiro atoms. The number of fused-ring (bicyclic) bond motifs is 1. The fourth-order valence-corrected chi connectivity index (χ4v) is 4.86. The van der Waals surface area contributed by atoms with E-state index in [0.717, 1.165) is 25.0 Å². The van der Waals surface area contributed by atoms with Gasteiger partial charge in [-0.3, -0.25) is 4.79 Å². The lowest BCUT2D eigenvalue weighted by atomic mass is 10.0. The highest BCUT2D eigenvalue weighted by Gasteiger charge is 2.42. The first-order valence-electron chi connectivity index (χ1n) is 10.4. The molecule has 2 unspecified atom stereocenters. The summed E-state index contributed by atoms with van der Waals surface area (Å²) >= 11 is 1.90. The van der Waals surface area contributed by atoms with Gasteiger partial charge in [-0.1, -0.05) is 11.5 Å². The van der Waals surface area contributed by atoms with Gasteiger partial charge in [0.05, 0.1) is 51.7 Å². The van der Waals surface area contributed by atoms with Gasteiger partial charge in [-0.15, -0.1) is 0 Å². The van der Waals surface area contributed by atoms with Gasteiger partial charge in [-0.25, -0.2) is 4.79 Å². The third-order valence-electron chi connectivity index (χ3n) is 4.79. The van der Waals surface area contributed by atoms with E-state index in [1.54, 1.807) is 0 Å². The van der Waals surface area contributed by atoms with Crippen LogP contribution in [0.25, 0.3) is 10.4 Å². The minimum atomic E-state index is -0.0589. The SMILES string of the molecule is [N-]=[N+]=NCCOCCOCCOCCNC(=O)CCCC[C@@H]1SCC2NC(=O)NC21. The van der Waals surface area contributed by atoms with Gasteiger partial charge in [0.15, 0.2) is 0 Å². The van der Waals surface area contributed by atoms with Crippen molar-refractivity contribution in [2.75, 3.05) is 58.5 Å². The van der Waals surface area contributed by atoms with Crippen molar-refractivity contribution in [2.45, 2.75) is 43.0 Å². The molecule has 0 aromatic carbocycles. The number of nitrogens with one attached hydrogen (secondary N) is 3. The maximum absolute atomic E-state index is 11.9. The summed E-state index contributed by atoms with van der Waals surface area (Å²) in [4.78, 5) is 25.9. The second kappa shape index (κ2) is 15.1. The van der Waals surface area contributed by atoms with E-state index >= 15 is 0 Å². The molecule has 3 atom stereocenters. The quantitative estimate of drug-likeness (QED) is 0.101. The smallest absolute Gasteiger partial charge is 0.315 e. The molecule has 2 fully saturated rings. The van der Waals surface area contributed by atoms with E-state index in [-0.39, 0.29) is 24.0 Å². The summed E-state index contributed by atoms with van der Waals surface area (Å²) in [6.45, 7) is 3.48. The number of hydrogen-bond donors (Lipinski definition) is 3. The highest BCUT2D eigenvalue weighted by Crippen LogP contribution is 2.33. The molecular weight excluding hydrogens is 412 g/mol. The molecule has 2 aliphatic heterocycles. The average Bonchev–Trinajstić information content (AvgIpc) is 3.28. The Hall–Kier alpha value is -1.72. The number of nitrogens with zero attached hydrogens (tertiary/aromatic N) is 3. The van der Waals surface area contributed by atoms with Crippen molar-refractivity contribution in [3.8, 4) is 0 Å². The summed E-state index contributed by atoms with van der Waals surface area (Å²) in [6.07, 6.45) is 3.36. The van der Waals surface area contributed by atoms with Crippen molar-refractivity contribution in [3.63, 3.8) is 0 Å². The van der Waals surface area contributed by atoms with E-state index in [2.05, 4.69) is 26.0 Å². The van der Waals surface area contributed by atoms with Crippen molar-refractivity contribution in [1.82, 2.24) is 16.0 Å². The Morgan fingerprint density at radius 1 is 1.13 bits per heavy atom. The van der Waals surface area contributed by atoms with Gasteiger partial charge in [0.2, 0.25) is 5.91 Å². The number of amides is 3. The number of carbonyl (C=O) groups excluding carboxylic acids is 2. The van der Waals surface area contributed by atoms with Crippen LogP contribution in [0, 0.1) is 0 Å². The average molecular weight is 445 g/mol. The normalized spacial score (nSPS) is 22.1. The van der Waals surface area contributed by atoms with Crippen LogP contribution >= 0.6 is 11.8 Å². The molecule has 0 bridgehead atoms. The van der Waals surface area contributed by atoms with E-state index in [1.165, 1.54) is 0 Å². The summed E-state index contributed by atoms with van der Waals surface area (Å²) in [7, 11) is 0. The maximum atomic E-state index is 11.9. The van der Waals surface area contributed by atoms with E-state index in [4.69, 9.17) is 19.7 Å². The summed E-state index contributed by atoms with van der Waals surface area (Å²) in [5, 5.41) is 12.6. The fraction of sp³-hybridized carbons (Fsp3) is 0.889. The first-order valence-corrected chi connectivity index (χ1v) is 11.4. The van der Waals surface area contributed by atoms with Gasteiger partial charge in [-0.2, -0.15) is 11.8 Å². The second-order valence-corrected chi connectivity index (χ2v) is 8.28. The first kappa shape index (κ1) is 24.5. The lowest BCUT2D eigenvalue weighted by molar-refractivity contribution is -0.121. The molecule has 12 heteroatoms. The van der Waals surface area contributed by atoms with Crippen LogP contribution in [0.5, 0.6) is 0 Å². The number of unbranched alkanes of at least 4 members (excludes halogenated alkanes) is 1. The molecule has 3 N–H and O–H groups in total. The third-order valence-corrected chi connectivity index (χ3v) is 6.30. The summed E-state index contributed by atoms with van der Waals surface area (Å²) in [5.41, 5.74) is 8.10. The van der Waals surface area contributed by atoms with Crippen LogP contribution in [0.4, 0.5) is 4.79 Å². The number of hydrogen-bond acceptors (Lipinski definition) is 7. The van der Waals surface area contributed by atoms with Crippen LogP contribution in [0.2, 0.25) is 0 Å².